The summed E-state index contributed by atoms with van der Waals surface area (Å²) in [4.78, 5) is 36.3. The second-order valence-electron chi connectivity index (χ2n) is 7.48. The number of carbonyl (C=O) groups is 2. The lowest BCUT2D eigenvalue weighted by molar-refractivity contribution is -0.134. The van der Waals surface area contributed by atoms with Gasteiger partial charge < -0.3 is 15.2 Å². The van der Waals surface area contributed by atoms with Gasteiger partial charge in [-0.3, -0.25) is 14.5 Å². The standard InChI is InChI=1S/C22H25N5O2/c1-15-23-19-9-8-18(12-20(19)24-15)25-22(29)14-26-10-11-27(16(2)28)21(13-26)17-6-4-3-5-7-17/h3-9,12,21H,10-11,13-14H2,1-2H3,(H,23,24)(H,25,29). The number of H-pyrrole nitrogens is 1. The Hall–Kier alpha value is -3.19. The lowest BCUT2D eigenvalue weighted by atomic mass is 10.0. The SMILES string of the molecule is CC(=O)N1CCN(CC(=O)Nc2ccc3nc(C)[nH]c3c2)CC1c1ccccc1. The number of piperazine rings is 1. The second-order valence-corrected chi connectivity index (χ2v) is 7.48. The van der Waals surface area contributed by atoms with E-state index >= 15 is 0 Å². The number of fused-ring (bicyclic) bond motifs is 1. The number of imidazole rings is 1. The smallest absolute Gasteiger partial charge is 0.238 e. The molecule has 0 bridgehead atoms. The number of benzene rings is 2. The third-order valence-electron chi connectivity index (χ3n) is 5.30. The number of aromatic amines is 1. The van der Waals surface area contributed by atoms with E-state index < -0.39 is 0 Å². The van der Waals surface area contributed by atoms with Crippen LogP contribution in [0.1, 0.15) is 24.4 Å². The number of aromatic nitrogens is 2. The highest BCUT2D eigenvalue weighted by Crippen LogP contribution is 2.25. The third kappa shape index (κ3) is 4.30. The zero-order valence-corrected chi connectivity index (χ0v) is 16.7. The molecule has 2 aromatic carbocycles. The first-order valence-electron chi connectivity index (χ1n) is 9.80. The van der Waals surface area contributed by atoms with Crippen LogP contribution in [0.5, 0.6) is 0 Å². The fourth-order valence-corrected chi connectivity index (χ4v) is 3.94. The molecule has 2 amide bonds. The monoisotopic (exact) mass is 391 g/mol. The summed E-state index contributed by atoms with van der Waals surface area (Å²) in [5.74, 6) is 0.841. The molecule has 0 saturated carbocycles. The molecule has 3 aromatic rings. The average molecular weight is 391 g/mol. The molecule has 0 spiro atoms. The van der Waals surface area contributed by atoms with Gasteiger partial charge >= 0.3 is 0 Å². The number of hydrogen-bond donors (Lipinski definition) is 2. The summed E-state index contributed by atoms with van der Waals surface area (Å²) in [5, 5.41) is 2.97. The van der Waals surface area contributed by atoms with E-state index in [2.05, 4.69) is 20.2 Å². The van der Waals surface area contributed by atoms with Crippen molar-refractivity contribution in [1.82, 2.24) is 19.8 Å². The van der Waals surface area contributed by atoms with Crippen molar-refractivity contribution in [2.45, 2.75) is 19.9 Å². The Bertz CT molecular complexity index is 1030. The molecular formula is C22H25N5O2. The maximum absolute atomic E-state index is 12.6. The summed E-state index contributed by atoms with van der Waals surface area (Å²) in [6, 6.07) is 15.6. The van der Waals surface area contributed by atoms with Crippen molar-refractivity contribution in [1.29, 1.82) is 0 Å². The van der Waals surface area contributed by atoms with Crippen LogP contribution >= 0.6 is 0 Å². The summed E-state index contributed by atoms with van der Waals surface area (Å²) in [7, 11) is 0. The normalized spacial score (nSPS) is 17.4. The number of rotatable bonds is 4. The van der Waals surface area contributed by atoms with Crippen LogP contribution in [0.15, 0.2) is 48.5 Å². The van der Waals surface area contributed by atoms with Crippen LogP contribution < -0.4 is 5.32 Å². The molecule has 2 heterocycles. The highest BCUT2D eigenvalue weighted by Gasteiger charge is 2.30. The maximum Gasteiger partial charge on any atom is 0.238 e. The quantitative estimate of drug-likeness (QED) is 0.717. The van der Waals surface area contributed by atoms with Gasteiger partial charge in [-0.25, -0.2) is 4.98 Å². The minimum absolute atomic E-state index is 0.0421. The molecule has 1 atom stereocenters. The maximum atomic E-state index is 12.6. The average Bonchev–Trinajstić information content (AvgIpc) is 3.07. The van der Waals surface area contributed by atoms with Gasteiger partial charge in [0.05, 0.1) is 23.6 Å². The number of anilines is 1. The van der Waals surface area contributed by atoms with Gasteiger partial charge in [0.1, 0.15) is 5.82 Å². The fraction of sp³-hybridized carbons (Fsp3) is 0.318. The number of carbonyl (C=O) groups excluding carboxylic acids is 2. The summed E-state index contributed by atoms with van der Waals surface area (Å²) in [5.41, 5.74) is 3.62. The Kier molecular flexibility index (Phi) is 5.31. The van der Waals surface area contributed by atoms with E-state index in [1.54, 1.807) is 6.92 Å². The first-order chi connectivity index (χ1) is 14.0. The predicted octanol–water partition coefficient (Wildman–Crippen LogP) is 2.72. The third-order valence-corrected chi connectivity index (χ3v) is 5.30. The lowest BCUT2D eigenvalue weighted by Crippen LogP contribution is -2.51. The number of amides is 2. The van der Waals surface area contributed by atoms with Gasteiger partial charge in [-0.1, -0.05) is 30.3 Å². The minimum Gasteiger partial charge on any atom is -0.342 e. The summed E-state index contributed by atoms with van der Waals surface area (Å²) >= 11 is 0. The van der Waals surface area contributed by atoms with E-state index in [1.807, 2.05) is 60.4 Å². The molecule has 4 rings (SSSR count). The number of aryl methyl sites for hydroxylation is 1. The summed E-state index contributed by atoms with van der Waals surface area (Å²) in [6.45, 7) is 5.72. The highest BCUT2D eigenvalue weighted by atomic mass is 16.2. The van der Waals surface area contributed by atoms with E-state index in [1.165, 1.54) is 0 Å². The van der Waals surface area contributed by atoms with Crippen LogP contribution in [0.2, 0.25) is 0 Å². The molecule has 2 N–H and O–H groups in total. The second kappa shape index (κ2) is 8.05. The number of nitrogens with zero attached hydrogens (tertiary/aromatic N) is 3. The minimum atomic E-state index is -0.0660. The Morgan fingerprint density at radius 1 is 1.17 bits per heavy atom. The van der Waals surface area contributed by atoms with Crippen molar-refractivity contribution in [3.63, 3.8) is 0 Å². The molecule has 0 radical (unpaired) electrons. The predicted molar refractivity (Wildman–Crippen MR) is 112 cm³/mol. The van der Waals surface area contributed by atoms with Gasteiger partial charge in [-0.15, -0.1) is 0 Å². The molecule has 7 nitrogen and oxygen atoms in total. The van der Waals surface area contributed by atoms with Crippen molar-refractivity contribution in [3.8, 4) is 0 Å². The van der Waals surface area contributed by atoms with E-state index in [0.29, 0.717) is 19.6 Å². The van der Waals surface area contributed by atoms with Crippen molar-refractivity contribution in [2.75, 3.05) is 31.5 Å². The topological polar surface area (TPSA) is 81.3 Å². The zero-order valence-electron chi connectivity index (χ0n) is 16.7. The van der Waals surface area contributed by atoms with Crippen molar-refractivity contribution >= 4 is 28.5 Å². The molecule has 1 saturated heterocycles. The number of hydrogen-bond acceptors (Lipinski definition) is 4. The molecule has 1 aromatic heterocycles. The fourth-order valence-electron chi connectivity index (χ4n) is 3.94. The molecular weight excluding hydrogens is 366 g/mol. The van der Waals surface area contributed by atoms with Gasteiger partial charge in [-0.2, -0.15) is 0 Å². The highest BCUT2D eigenvalue weighted by molar-refractivity contribution is 5.94. The Morgan fingerprint density at radius 3 is 2.72 bits per heavy atom. The Labute approximate surface area is 169 Å². The first kappa shape index (κ1) is 19.1. The van der Waals surface area contributed by atoms with Crippen molar-refractivity contribution in [2.24, 2.45) is 0 Å². The Balaban J connectivity index is 1.42. The molecule has 1 aliphatic rings. The van der Waals surface area contributed by atoms with E-state index in [9.17, 15) is 9.59 Å². The van der Waals surface area contributed by atoms with Gasteiger partial charge in [0.15, 0.2) is 0 Å². The first-order valence-corrected chi connectivity index (χ1v) is 9.80. The van der Waals surface area contributed by atoms with Crippen molar-refractivity contribution < 1.29 is 9.59 Å². The van der Waals surface area contributed by atoms with E-state index in [0.717, 1.165) is 28.1 Å². The Morgan fingerprint density at radius 2 is 1.97 bits per heavy atom. The molecule has 29 heavy (non-hydrogen) atoms. The van der Waals surface area contributed by atoms with Gasteiger partial charge in [0.2, 0.25) is 11.8 Å². The molecule has 0 aliphatic carbocycles. The molecule has 1 aliphatic heterocycles. The van der Waals surface area contributed by atoms with Crippen LogP contribution in [-0.4, -0.2) is 57.8 Å². The van der Waals surface area contributed by atoms with Crippen LogP contribution in [0, 0.1) is 6.92 Å². The van der Waals surface area contributed by atoms with Gasteiger partial charge in [0, 0.05) is 32.2 Å². The number of nitrogens with one attached hydrogen (secondary N) is 2. The molecule has 1 unspecified atom stereocenters. The van der Waals surface area contributed by atoms with Crippen LogP contribution in [-0.2, 0) is 9.59 Å². The van der Waals surface area contributed by atoms with Gasteiger partial charge in [-0.05, 0) is 30.7 Å². The van der Waals surface area contributed by atoms with Gasteiger partial charge in [0.25, 0.3) is 0 Å². The molecule has 7 heteroatoms. The lowest BCUT2D eigenvalue weighted by Gasteiger charge is -2.41. The summed E-state index contributed by atoms with van der Waals surface area (Å²) < 4.78 is 0. The van der Waals surface area contributed by atoms with Crippen LogP contribution in [0.25, 0.3) is 11.0 Å². The largest absolute Gasteiger partial charge is 0.342 e. The molecule has 150 valence electrons. The van der Waals surface area contributed by atoms with Crippen LogP contribution in [0.3, 0.4) is 0 Å². The van der Waals surface area contributed by atoms with Crippen LogP contribution in [0.4, 0.5) is 5.69 Å². The summed E-state index contributed by atoms with van der Waals surface area (Å²) in [6.07, 6.45) is 0. The van der Waals surface area contributed by atoms with Crippen molar-refractivity contribution in [3.05, 3.63) is 59.9 Å². The van der Waals surface area contributed by atoms with E-state index in [4.69, 9.17) is 0 Å². The van der Waals surface area contributed by atoms with E-state index in [-0.39, 0.29) is 24.4 Å². The zero-order chi connectivity index (χ0) is 20.4. The molecule has 1 fully saturated rings.